The number of nitrogens with zero attached hydrogens (tertiary/aromatic N) is 2. The molecule has 4 nitrogen and oxygen atoms in total. The molecule has 46 valence electrons. The third-order valence-electron chi connectivity index (χ3n) is 0.965. The molecule has 0 bridgehead atoms. The molecule has 0 unspecified atom stereocenters. The Morgan fingerprint density at radius 2 is 2.50 bits per heavy atom. The summed E-state index contributed by atoms with van der Waals surface area (Å²) in [5.41, 5.74) is 0. The van der Waals surface area contributed by atoms with Gasteiger partial charge in [-0.05, 0) is 0 Å². The van der Waals surface area contributed by atoms with Gasteiger partial charge in [0.2, 0.25) is 0 Å². The fraction of sp³-hybridized carbons (Fsp3) is 1.00. The summed E-state index contributed by atoms with van der Waals surface area (Å²) in [7, 11) is 0. The Morgan fingerprint density at radius 1 is 1.75 bits per heavy atom. The first-order valence-corrected chi connectivity index (χ1v) is 3.43. The predicted molar refractivity (Wildman–Crippen MR) is 31.0 cm³/mol. The summed E-state index contributed by atoms with van der Waals surface area (Å²) in [6.07, 6.45) is 0. The zero-order valence-electron chi connectivity index (χ0n) is 4.24. The van der Waals surface area contributed by atoms with E-state index < -0.39 is 0 Å². The molecule has 0 aliphatic carbocycles. The van der Waals surface area contributed by atoms with Crippen LogP contribution in [0.2, 0.25) is 0 Å². The Hall–Kier alpha value is -0.450. The van der Waals surface area contributed by atoms with E-state index in [-0.39, 0.29) is 5.03 Å². The number of hydrogen-bond donors (Lipinski definition) is 0. The molecule has 1 saturated heterocycles. The van der Waals surface area contributed by atoms with Crippen molar-refractivity contribution in [3.05, 3.63) is 10.1 Å². The molecule has 8 heavy (non-hydrogen) atoms. The molecular weight excluding hydrogens is 128 g/mol. The van der Waals surface area contributed by atoms with Crippen molar-refractivity contribution in [2.24, 2.45) is 0 Å². The molecule has 5 heteroatoms. The van der Waals surface area contributed by atoms with Crippen LogP contribution < -0.4 is 0 Å². The quantitative estimate of drug-likeness (QED) is 0.379. The van der Waals surface area contributed by atoms with Gasteiger partial charge in [-0.2, -0.15) is 0 Å². The summed E-state index contributed by atoms with van der Waals surface area (Å²) < 4.78 is 0. The van der Waals surface area contributed by atoms with Gasteiger partial charge in [0, 0.05) is 5.75 Å². The molecule has 0 radical (unpaired) electrons. The molecule has 0 saturated carbocycles. The van der Waals surface area contributed by atoms with E-state index in [1.54, 1.807) is 11.8 Å². The number of rotatable bonds is 1. The summed E-state index contributed by atoms with van der Waals surface area (Å²) >= 11 is 1.59. The van der Waals surface area contributed by atoms with Crippen molar-refractivity contribution in [1.82, 2.24) is 5.01 Å². The molecule has 1 fully saturated rings. The van der Waals surface area contributed by atoms with Gasteiger partial charge in [0.05, 0.1) is 6.54 Å². The molecule has 1 heterocycles. The maximum atomic E-state index is 9.92. The van der Waals surface area contributed by atoms with Crippen LogP contribution in [-0.2, 0) is 0 Å². The second-order valence-electron chi connectivity index (χ2n) is 1.51. The third kappa shape index (κ3) is 1.03. The summed E-state index contributed by atoms with van der Waals surface area (Å²) in [5.74, 6) is 1.44. The molecule has 0 N–H and O–H groups in total. The van der Waals surface area contributed by atoms with Crippen LogP contribution in [0.5, 0.6) is 0 Å². The maximum Gasteiger partial charge on any atom is 0.160 e. The summed E-state index contributed by atoms with van der Waals surface area (Å²) in [5, 5.41) is 10.8. The highest BCUT2D eigenvalue weighted by Crippen LogP contribution is 2.11. The topological polar surface area (TPSA) is 46.4 Å². The highest BCUT2D eigenvalue weighted by Gasteiger charge is 2.18. The first kappa shape index (κ1) is 5.68. The highest BCUT2D eigenvalue weighted by atomic mass is 32.2. The van der Waals surface area contributed by atoms with Crippen molar-refractivity contribution in [2.45, 2.75) is 0 Å². The fourth-order valence-electron chi connectivity index (χ4n) is 0.533. The highest BCUT2D eigenvalue weighted by molar-refractivity contribution is 7.99. The van der Waals surface area contributed by atoms with E-state index in [1.165, 1.54) is 5.01 Å². The van der Waals surface area contributed by atoms with Crippen LogP contribution in [0.3, 0.4) is 0 Å². The van der Waals surface area contributed by atoms with E-state index >= 15 is 0 Å². The van der Waals surface area contributed by atoms with Crippen molar-refractivity contribution in [2.75, 3.05) is 18.2 Å². The van der Waals surface area contributed by atoms with Crippen LogP contribution in [0.15, 0.2) is 0 Å². The van der Waals surface area contributed by atoms with E-state index in [9.17, 15) is 10.1 Å². The standard InChI is InChI=1S/C3H6N2O2S/c6-5(7)4-1-2-8-3-4/h1-3H2. The van der Waals surface area contributed by atoms with Crippen LogP contribution in [0, 0.1) is 10.1 Å². The van der Waals surface area contributed by atoms with Gasteiger partial charge in [-0.3, -0.25) is 0 Å². The van der Waals surface area contributed by atoms with Crippen LogP contribution in [0.25, 0.3) is 0 Å². The van der Waals surface area contributed by atoms with Gasteiger partial charge >= 0.3 is 0 Å². The maximum absolute atomic E-state index is 9.92. The molecule has 0 amide bonds. The van der Waals surface area contributed by atoms with Crippen LogP contribution >= 0.6 is 11.8 Å². The van der Waals surface area contributed by atoms with Crippen molar-refractivity contribution in [1.29, 1.82) is 0 Å². The lowest BCUT2D eigenvalue weighted by atomic mass is 10.7. The van der Waals surface area contributed by atoms with Gasteiger partial charge in [-0.1, -0.05) is 0 Å². The smallest absolute Gasteiger partial charge is 0.160 e. The number of hydrazine groups is 1. The van der Waals surface area contributed by atoms with E-state index in [2.05, 4.69) is 0 Å². The first-order valence-electron chi connectivity index (χ1n) is 2.27. The average molecular weight is 134 g/mol. The lowest BCUT2D eigenvalue weighted by Crippen LogP contribution is -2.25. The first-order chi connectivity index (χ1) is 3.80. The van der Waals surface area contributed by atoms with Gasteiger partial charge in [0.1, 0.15) is 5.88 Å². The lowest BCUT2D eigenvalue weighted by Gasteiger charge is -2.00. The van der Waals surface area contributed by atoms with E-state index in [0.717, 1.165) is 5.75 Å². The second kappa shape index (κ2) is 2.21. The van der Waals surface area contributed by atoms with Gasteiger partial charge < -0.3 is 0 Å². The number of hydrogen-bond acceptors (Lipinski definition) is 3. The van der Waals surface area contributed by atoms with Gasteiger partial charge in [0.15, 0.2) is 5.03 Å². The van der Waals surface area contributed by atoms with Crippen LogP contribution in [0.1, 0.15) is 0 Å². The zero-order chi connectivity index (χ0) is 5.98. The summed E-state index contributed by atoms with van der Waals surface area (Å²) in [4.78, 5) is 9.92. The summed E-state index contributed by atoms with van der Waals surface area (Å²) in [6.45, 7) is 0.595. The molecule has 0 spiro atoms. The Morgan fingerprint density at radius 3 is 2.75 bits per heavy atom. The van der Waals surface area contributed by atoms with Crippen molar-refractivity contribution in [3.8, 4) is 0 Å². The monoisotopic (exact) mass is 134 g/mol. The number of thioether (sulfide) groups is 1. The second-order valence-corrected chi connectivity index (χ2v) is 2.58. The molecular formula is C3H6N2O2S. The predicted octanol–water partition coefficient (Wildman–Crippen LogP) is 0.184. The Labute approximate surface area is 51.0 Å². The van der Waals surface area contributed by atoms with Crippen LogP contribution in [0.4, 0.5) is 0 Å². The fourth-order valence-corrected chi connectivity index (χ4v) is 1.44. The number of nitro groups is 1. The lowest BCUT2D eigenvalue weighted by molar-refractivity contribution is -0.648. The largest absolute Gasteiger partial charge is 0.235 e. The zero-order valence-corrected chi connectivity index (χ0v) is 5.06. The minimum atomic E-state index is -0.347. The van der Waals surface area contributed by atoms with Gasteiger partial charge in [-0.15, -0.1) is 16.8 Å². The molecule has 0 atom stereocenters. The van der Waals surface area contributed by atoms with Crippen LogP contribution in [-0.4, -0.2) is 28.2 Å². The average Bonchev–Trinajstić information content (AvgIpc) is 2.12. The molecule has 0 aromatic rings. The van der Waals surface area contributed by atoms with Crippen molar-refractivity contribution < 1.29 is 5.03 Å². The Kier molecular flexibility index (Phi) is 1.57. The minimum absolute atomic E-state index is 0.347. The molecule has 0 aromatic carbocycles. The van der Waals surface area contributed by atoms with E-state index in [0.29, 0.717) is 12.4 Å². The SMILES string of the molecule is O=[N+]([O-])N1CCSC1. The molecule has 0 aromatic heterocycles. The van der Waals surface area contributed by atoms with Gasteiger partial charge in [0.25, 0.3) is 0 Å². The summed E-state index contributed by atoms with van der Waals surface area (Å²) in [6, 6.07) is 0. The molecule has 1 rings (SSSR count). The molecule has 1 aliphatic heterocycles. The van der Waals surface area contributed by atoms with E-state index in [4.69, 9.17) is 0 Å². The van der Waals surface area contributed by atoms with Crippen molar-refractivity contribution >= 4 is 11.8 Å². The third-order valence-corrected chi connectivity index (χ3v) is 1.92. The molecule has 1 aliphatic rings. The minimum Gasteiger partial charge on any atom is -0.235 e. The van der Waals surface area contributed by atoms with E-state index in [1.807, 2.05) is 0 Å². The van der Waals surface area contributed by atoms with Crippen molar-refractivity contribution in [3.63, 3.8) is 0 Å². The normalized spacial score (nSPS) is 19.2. The van der Waals surface area contributed by atoms with Gasteiger partial charge in [-0.25, -0.2) is 10.1 Å². The Bertz CT molecular complexity index is 101. The Balaban J connectivity index is 2.35.